The van der Waals surface area contributed by atoms with Gasteiger partial charge in [0.1, 0.15) is 0 Å². The Kier molecular flexibility index (Phi) is 4.59. The van der Waals surface area contributed by atoms with Gasteiger partial charge in [-0.15, -0.1) is 0 Å². The van der Waals surface area contributed by atoms with Crippen LogP contribution in [0.4, 0.5) is 0 Å². The van der Waals surface area contributed by atoms with Gasteiger partial charge in [-0.05, 0) is 43.2 Å². The molecule has 1 aliphatic carbocycles. The van der Waals surface area contributed by atoms with E-state index in [0.29, 0.717) is 6.42 Å². The molecule has 19 heavy (non-hydrogen) atoms. The quantitative estimate of drug-likeness (QED) is 0.775. The van der Waals surface area contributed by atoms with Crippen LogP contribution >= 0.6 is 0 Å². The predicted octanol–water partition coefficient (Wildman–Crippen LogP) is 2.80. The monoisotopic (exact) mass is 262 g/mol. The Bertz CT molecular complexity index is 441. The Morgan fingerprint density at radius 1 is 1.16 bits per heavy atom. The summed E-state index contributed by atoms with van der Waals surface area (Å²) < 4.78 is 0. The van der Waals surface area contributed by atoms with Crippen molar-refractivity contribution < 1.29 is 15.0 Å². The third-order valence-corrected chi connectivity index (χ3v) is 4.29. The minimum Gasteiger partial charge on any atom is -0.481 e. The Balaban J connectivity index is 2.08. The largest absolute Gasteiger partial charge is 0.481 e. The third-order valence-electron chi connectivity index (χ3n) is 4.29. The summed E-state index contributed by atoms with van der Waals surface area (Å²) in [6, 6.07) is 8.17. The molecule has 0 radical (unpaired) electrons. The fraction of sp³-hybridized carbons (Fsp3) is 0.562. The number of aliphatic hydroxyl groups is 1. The van der Waals surface area contributed by atoms with Gasteiger partial charge in [0.15, 0.2) is 0 Å². The first kappa shape index (κ1) is 14.1. The first-order valence-electron chi connectivity index (χ1n) is 7.09. The van der Waals surface area contributed by atoms with Crippen LogP contribution in [0.2, 0.25) is 0 Å². The first-order chi connectivity index (χ1) is 9.18. The highest BCUT2D eigenvalue weighted by atomic mass is 16.4. The van der Waals surface area contributed by atoms with Crippen LogP contribution in [0.1, 0.15) is 43.2 Å². The van der Waals surface area contributed by atoms with Crippen molar-refractivity contribution in [2.24, 2.45) is 5.41 Å². The molecule has 0 aromatic heterocycles. The Labute approximate surface area is 114 Å². The molecule has 0 fully saturated rings. The van der Waals surface area contributed by atoms with E-state index in [1.165, 1.54) is 11.1 Å². The van der Waals surface area contributed by atoms with Crippen LogP contribution in [-0.4, -0.2) is 22.8 Å². The number of carboxylic acids is 1. The van der Waals surface area contributed by atoms with E-state index in [1.54, 1.807) is 0 Å². The molecular formula is C16H22O3. The molecule has 0 saturated heterocycles. The van der Waals surface area contributed by atoms with Gasteiger partial charge in [0.05, 0.1) is 5.41 Å². The molecule has 0 amide bonds. The summed E-state index contributed by atoms with van der Waals surface area (Å²) in [6.45, 7) is 0.197. The van der Waals surface area contributed by atoms with Crippen LogP contribution in [0, 0.1) is 5.41 Å². The van der Waals surface area contributed by atoms with Crippen LogP contribution in [0.3, 0.4) is 0 Å². The molecule has 0 bridgehead atoms. The van der Waals surface area contributed by atoms with Gasteiger partial charge in [-0.1, -0.05) is 37.1 Å². The summed E-state index contributed by atoms with van der Waals surface area (Å²) in [6.07, 6.45) is 5.53. The SMILES string of the molecule is O=C(O)C1(CCCCCO)CCc2ccccc2C1. The second kappa shape index (κ2) is 6.20. The summed E-state index contributed by atoms with van der Waals surface area (Å²) >= 11 is 0. The molecule has 3 heteroatoms. The molecule has 104 valence electrons. The van der Waals surface area contributed by atoms with E-state index in [1.807, 2.05) is 12.1 Å². The molecule has 1 aromatic carbocycles. The molecule has 3 nitrogen and oxygen atoms in total. The molecule has 0 aliphatic heterocycles. The van der Waals surface area contributed by atoms with Crippen LogP contribution in [0.5, 0.6) is 0 Å². The standard InChI is InChI=1S/C16H22O3/c17-11-5-1-4-9-16(15(18)19)10-8-13-6-2-3-7-14(13)12-16/h2-3,6-7,17H,1,4-5,8-12H2,(H,18,19). The zero-order chi connectivity index (χ0) is 13.7. The highest BCUT2D eigenvalue weighted by Gasteiger charge is 2.40. The van der Waals surface area contributed by atoms with E-state index >= 15 is 0 Å². The van der Waals surface area contributed by atoms with Gasteiger partial charge in [-0.3, -0.25) is 4.79 Å². The van der Waals surface area contributed by atoms with E-state index in [0.717, 1.165) is 38.5 Å². The van der Waals surface area contributed by atoms with E-state index in [4.69, 9.17) is 5.11 Å². The molecule has 1 unspecified atom stereocenters. The predicted molar refractivity (Wildman–Crippen MR) is 74.1 cm³/mol. The second-order valence-electron chi connectivity index (χ2n) is 5.57. The van der Waals surface area contributed by atoms with Crippen molar-refractivity contribution in [3.05, 3.63) is 35.4 Å². The van der Waals surface area contributed by atoms with E-state index < -0.39 is 11.4 Å². The molecular weight excluding hydrogens is 240 g/mol. The van der Waals surface area contributed by atoms with Crippen molar-refractivity contribution in [1.29, 1.82) is 0 Å². The normalized spacial score (nSPS) is 21.9. The maximum absolute atomic E-state index is 11.7. The van der Waals surface area contributed by atoms with Gasteiger partial charge >= 0.3 is 5.97 Å². The number of carboxylic acid groups (broad SMARTS) is 1. The number of aliphatic carboxylic acids is 1. The third kappa shape index (κ3) is 3.16. The molecule has 0 heterocycles. The van der Waals surface area contributed by atoms with Crippen molar-refractivity contribution in [2.75, 3.05) is 6.61 Å². The number of rotatable bonds is 6. The van der Waals surface area contributed by atoms with Gasteiger partial charge < -0.3 is 10.2 Å². The summed E-state index contributed by atoms with van der Waals surface area (Å²) in [4.78, 5) is 11.7. The maximum Gasteiger partial charge on any atom is 0.309 e. The number of aryl methyl sites for hydroxylation is 1. The smallest absolute Gasteiger partial charge is 0.309 e. The minimum absolute atomic E-state index is 0.197. The zero-order valence-corrected chi connectivity index (χ0v) is 11.3. The van der Waals surface area contributed by atoms with Crippen molar-refractivity contribution >= 4 is 5.97 Å². The van der Waals surface area contributed by atoms with Crippen LogP contribution in [-0.2, 0) is 17.6 Å². The number of carbonyl (C=O) groups is 1. The van der Waals surface area contributed by atoms with Gasteiger partial charge in [0.25, 0.3) is 0 Å². The van der Waals surface area contributed by atoms with Gasteiger partial charge in [0, 0.05) is 6.61 Å². The Morgan fingerprint density at radius 3 is 2.58 bits per heavy atom. The minimum atomic E-state index is -0.661. The number of unbranched alkanes of at least 4 members (excludes halogenated alkanes) is 2. The lowest BCUT2D eigenvalue weighted by Crippen LogP contribution is -2.37. The lowest BCUT2D eigenvalue weighted by Gasteiger charge is -2.34. The van der Waals surface area contributed by atoms with Crippen LogP contribution < -0.4 is 0 Å². The molecule has 1 aliphatic rings. The molecule has 1 aromatic rings. The second-order valence-corrected chi connectivity index (χ2v) is 5.57. The highest BCUT2D eigenvalue weighted by molar-refractivity contribution is 5.75. The average molecular weight is 262 g/mol. The van der Waals surface area contributed by atoms with Crippen LogP contribution in [0.25, 0.3) is 0 Å². The molecule has 0 saturated carbocycles. The first-order valence-corrected chi connectivity index (χ1v) is 7.09. The van der Waals surface area contributed by atoms with Gasteiger partial charge in [0.2, 0.25) is 0 Å². The van der Waals surface area contributed by atoms with Crippen molar-refractivity contribution in [3.63, 3.8) is 0 Å². The topological polar surface area (TPSA) is 57.5 Å². The summed E-state index contributed by atoms with van der Waals surface area (Å²) in [5.41, 5.74) is 1.90. The molecule has 1 atom stereocenters. The van der Waals surface area contributed by atoms with Crippen molar-refractivity contribution in [1.82, 2.24) is 0 Å². The van der Waals surface area contributed by atoms with E-state index in [-0.39, 0.29) is 6.61 Å². The summed E-state index contributed by atoms with van der Waals surface area (Å²) in [5.74, 6) is -0.661. The molecule has 2 N–H and O–H groups in total. The van der Waals surface area contributed by atoms with Crippen molar-refractivity contribution in [2.45, 2.75) is 44.9 Å². The number of aliphatic hydroxyl groups excluding tert-OH is 1. The summed E-state index contributed by atoms with van der Waals surface area (Å²) in [7, 11) is 0. The molecule has 0 spiro atoms. The van der Waals surface area contributed by atoms with Gasteiger partial charge in [-0.2, -0.15) is 0 Å². The number of benzene rings is 1. The van der Waals surface area contributed by atoms with E-state index in [2.05, 4.69) is 12.1 Å². The summed E-state index contributed by atoms with van der Waals surface area (Å²) in [5, 5.41) is 18.4. The highest BCUT2D eigenvalue weighted by Crippen LogP contribution is 2.40. The van der Waals surface area contributed by atoms with E-state index in [9.17, 15) is 9.90 Å². The fourth-order valence-electron chi connectivity index (χ4n) is 3.06. The fourth-order valence-corrected chi connectivity index (χ4v) is 3.06. The number of hydrogen-bond donors (Lipinski definition) is 2. The Morgan fingerprint density at radius 2 is 1.89 bits per heavy atom. The number of fused-ring (bicyclic) bond motifs is 1. The maximum atomic E-state index is 11.7. The molecule has 2 rings (SSSR count). The Hall–Kier alpha value is -1.35. The lowest BCUT2D eigenvalue weighted by atomic mass is 9.69. The zero-order valence-electron chi connectivity index (χ0n) is 11.3. The average Bonchev–Trinajstić information content (AvgIpc) is 2.43. The van der Waals surface area contributed by atoms with Crippen molar-refractivity contribution in [3.8, 4) is 0 Å². The lowest BCUT2D eigenvalue weighted by molar-refractivity contribution is -0.150. The number of hydrogen-bond acceptors (Lipinski definition) is 2. The van der Waals surface area contributed by atoms with Gasteiger partial charge in [-0.25, -0.2) is 0 Å². The van der Waals surface area contributed by atoms with Crippen LogP contribution in [0.15, 0.2) is 24.3 Å².